The molecule has 0 N–H and O–H groups in total. The van der Waals surface area contributed by atoms with E-state index in [4.69, 9.17) is 19.1 Å². The van der Waals surface area contributed by atoms with E-state index in [9.17, 15) is 0 Å². The van der Waals surface area contributed by atoms with Crippen LogP contribution < -0.4 is 0 Å². The van der Waals surface area contributed by atoms with E-state index < -0.39 is 0 Å². The first-order valence-corrected chi connectivity index (χ1v) is 16.8. The van der Waals surface area contributed by atoms with Gasteiger partial charge in [0.2, 0.25) is 0 Å². The molecule has 0 rings (SSSR count). The zero-order chi connectivity index (χ0) is 27.6. The summed E-state index contributed by atoms with van der Waals surface area (Å²) in [7, 11) is 1.55. The third kappa shape index (κ3) is 32.0. The fourth-order valence-electron chi connectivity index (χ4n) is 4.71. The SMILES string of the molecule is CCCCCCCCCCOC(CCCCCCOCCCCCOOC)OCCCCCCCCCC. The van der Waals surface area contributed by atoms with Crippen molar-refractivity contribution in [2.75, 3.05) is 40.1 Å². The summed E-state index contributed by atoms with van der Waals surface area (Å²) >= 11 is 0. The van der Waals surface area contributed by atoms with Gasteiger partial charge >= 0.3 is 0 Å². The Balaban J connectivity index is 3.84. The Hall–Kier alpha value is -0.200. The molecule has 0 bridgehead atoms. The van der Waals surface area contributed by atoms with E-state index >= 15 is 0 Å². The molecule has 5 nitrogen and oxygen atoms in total. The minimum absolute atomic E-state index is 0.0116. The van der Waals surface area contributed by atoms with Gasteiger partial charge in [0.05, 0.1) is 13.7 Å². The minimum Gasteiger partial charge on any atom is -0.381 e. The molecule has 0 radical (unpaired) electrons. The van der Waals surface area contributed by atoms with Crippen molar-refractivity contribution in [1.29, 1.82) is 0 Å². The summed E-state index contributed by atoms with van der Waals surface area (Å²) in [5.41, 5.74) is 0. The molecule has 38 heavy (non-hydrogen) atoms. The lowest BCUT2D eigenvalue weighted by molar-refractivity contribution is -0.272. The van der Waals surface area contributed by atoms with Crippen LogP contribution in [0.3, 0.4) is 0 Å². The van der Waals surface area contributed by atoms with Crippen LogP contribution in [0.2, 0.25) is 0 Å². The molecular weight excluding hydrogens is 476 g/mol. The van der Waals surface area contributed by atoms with Gasteiger partial charge in [0.25, 0.3) is 0 Å². The maximum absolute atomic E-state index is 6.20. The Morgan fingerprint density at radius 1 is 0.395 bits per heavy atom. The molecule has 230 valence electrons. The molecule has 0 spiro atoms. The van der Waals surface area contributed by atoms with Crippen molar-refractivity contribution in [1.82, 2.24) is 0 Å². The fraction of sp³-hybridized carbons (Fsp3) is 1.00. The predicted molar refractivity (Wildman–Crippen MR) is 162 cm³/mol. The normalized spacial score (nSPS) is 11.7. The van der Waals surface area contributed by atoms with Gasteiger partial charge in [0.15, 0.2) is 6.29 Å². The van der Waals surface area contributed by atoms with Crippen molar-refractivity contribution in [3.63, 3.8) is 0 Å². The minimum atomic E-state index is -0.0116. The molecule has 0 saturated heterocycles. The number of ether oxygens (including phenoxy) is 3. The molecule has 0 aliphatic carbocycles. The van der Waals surface area contributed by atoms with Crippen molar-refractivity contribution in [3.8, 4) is 0 Å². The van der Waals surface area contributed by atoms with Gasteiger partial charge in [-0.3, -0.25) is 0 Å². The monoisotopic (exact) mass is 545 g/mol. The Kier molecular flexibility index (Phi) is 34.6. The van der Waals surface area contributed by atoms with Gasteiger partial charge in [-0.1, -0.05) is 117 Å². The van der Waals surface area contributed by atoms with E-state index in [1.54, 1.807) is 7.11 Å². The van der Waals surface area contributed by atoms with E-state index in [1.807, 2.05) is 0 Å². The van der Waals surface area contributed by atoms with Gasteiger partial charge < -0.3 is 14.2 Å². The first kappa shape index (κ1) is 37.8. The molecule has 0 unspecified atom stereocenters. The van der Waals surface area contributed by atoms with Gasteiger partial charge in [-0.15, -0.1) is 0 Å². The smallest absolute Gasteiger partial charge is 0.157 e. The van der Waals surface area contributed by atoms with E-state index in [1.165, 1.54) is 122 Å². The highest BCUT2D eigenvalue weighted by Crippen LogP contribution is 2.14. The molecule has 0 fully saturated rings. The highest BCUT2D eigenvalue weighted by molar-refractivity contribution is 4.53. The molecule has 5 heteroatoms. The van der Waals surface area contributed by atoms with Crippen molar-refractivity contribution in [2.45, 2.75) is 174 Å². The lowest BCUT2D eigenvalue weighted by atomic mass is 10.1. The molecule has 0 saturated carbocycles. The highest BCUT2D eigenvalue weighted by atomic mass is 17.2. The summed E-state index contributed by atoms with van der Waals surface area (Å²) in [6.07, 6.45) is 30.5. The number of hydrogen-bond acceptors (Lipinski definition) is 5. The maximum atomic E-state index is 6.20. The number of unbranched alkanes of at least 4 members (excludes halogenated alkanes) is 19. The molecule has 0 heterocycles. The third-order valence-electron chi connectivity index (χ3n) is 7.22. The lowest BCUT2D eigenvalue weighted by Gasteiger charge is -2.19. The summed E-state index contributed by atoms with van der Waals surface area (Å²) < 4.78 is 18.2. The largest absolute Gasteiger partial charge is 0.381 e. The van der Waals surface area contributed by atoms with Gasteiger partial charge in [0, 0.05) is 26.4 Å². The molecule has 0 atom stereocenters. The highest BCUT2D eigenvalue weighted by Gasteiger charge is 2.09. The topological polar surface area (TPSA) is 46.2 Å². The average molecular weight is 545 g/mol. The standard InChI is InChI=1S/C33H68O5/c1-4-6-8-10-12-14-17-24-30-36-33(37-31-25-18-15-13-11-9-7-5-2)27-21-16-19-22-28-35-29-23-20-26-32-38-34-3/h33H,4-32H2,1-3H3. The molecular formula is C33H68O5. The van der Waals surface area contributed by atoms with Crippen LogP contribution >= 0.6 is 0 Å². The lowest BCUT2D eigenvalue weighted by Crippen LogP contribution is -2.19. The molecule has 0 amide bonds. The molecule has 0 aliphatic rings. The quantitative estimate of drug-likeness (QED) is 0.0349. The van der Waals surface area contributed by atoms with Crippen LogP contribution in [0.1, 0.15) is 168 Å². The summed E-state index contributed by atoms with van der Waals surface area (Å²) in [5.74, 6) is 0. The van der Waals surface area contributed by atoms with Crippen molar-refractivity contribution in [2.24, 2.45) is 0 Å². The van der Waals surface area contributed by atoms with Crippen LogP contribution in [-0.4, -0.2) is 46.4 Å². The first-order chi connectivity index (χ1) is 18.8. The van der Waals surface area contributed by atoms with Gasteiger partial charge in [-0.05, 0) is 51.4 Å². The van der Waals surface area contributed by atoms with Gasteiger partial charge in [-0.25, -0.2) is 9.78 Å². The zero-order valence-electron chi connectivity index (χ0n) is 26.1. The number of hydrogen-bond donors (Lipinski definition) is 0. The average Bonchev–Trinajstić information content (AvgIpc) is 2.93. The molecule has 0 aliphatic heterocycles. The van der Waals surface area contributed by atoms with E-state index in [0.717, 1.165) is 58.5 Å². The van der Waals surface area contributed by atoms with E-state index in [2.05, 4.69) is 18.7 Å². The summed E-state index contributed by atoms with van der Waals surface area (Å²) in [5, 5.41) is 0. The van der Waals surface area contributed by atoms with Crippen LogP contribution in [0, 0.1) is 0 Å². The Morgan fingerprint density at radius 2 is 0.763 bits per heavy atom. The van der Waals surface area contributed by atoms with E-state index in [-0.39, 0.29) is 6.29 Å². The van der Waals surface area contributed by atoms with Crippen molar-refractivity contribution in [3.05, 3.63) is 0 Å². The zero-order valence-corrected chi connectivity index (χ0v) is 26.1. The Labute approximate surface area is 238 Å². The molecule has 0 aromatic carbocycles. The third-order valence-corrected chi connectivity index (χ3v) is 7.22. The number of rotatable bonds is 34. The molecule has 0 aromatic rings. The van der Waals surface area contributed by atoms with Crippen molar-refractivity contribution >= 4 is 0 Å². The van der Waals surface area contributed by atoms with Crippen molar-refractivity contribution < 1.29 is 24.0 Å². The summed E-state index contributed by atoms with van der Waals surface area (Å²) in [6.45, 7) is 8.67. The fourth-order valence-corrected chi connectivity index (χ4v) is 4.71. The van der Waals surface area contributed by atoms with Crippen LogP contribution in [0.4, 0.5) is 0 Å². The van der Waals surface area contributed by atoms with Crippen LogP contribution in [0.5, 0.6) is 0 Å². The Bertz CT molecular complexity index is 385. The van der Waals surface area contributed by atoms with Crippen LogP contribution in [0.25, 0.3) is 0 Å². The van der Waals surface area contributed by atoms with Crippen LogP contribution in [0.15, 0.2) is 0 Å². The van der Waals surface area contributed by atoms with Gasteiger partial charge in [0.1, 0.15) is 0 Å². The second-order valence-electron chi connectivity index (χ2n) is 11.0. The second-order valence-corrected chi connectivity index (χ2v) is 11.0. The predicted octanol–water partition coefficient (Wildman–Crippen LogP) is 10.3. The first-order valence-electron chi connectivity index (χ1n) is 16.8. The van der Waals surface area contributed by atoms with Gasteiger partial charge in [-0.2, -0.15) is 0 Å². The summed E-state index contributed by atoms with van der Waals surface area (Å²) in [4.78, 5) is 9.47. The maximum Gasteiger partial charge on any atom is 0.157 e. The second kappa shape index (κ2) is 34.8. The van der Waals surface area contributed by atoms with Crippen LogP contribution in [-0.2, 0) is 24.0 Å². The molecule has 0 aromatic heterocycles. The van der Waals surface area contributed by atoms with E-state index in [0.29, 0.717) is 6.61 Å². The summed E-state index contributed by atoms with van der Waals surface area (Å²) in [6, 6.07) is 0. The Morgan fingerprint density at radius 3 is 1.24 bits per heavy atom.